The van der Waals surface area contributed by atoms with Crippen molar-refractivity contribution in [2.45, 2.75) is 13.3 Å². The van der Waals surface area contributed by atoms with Crippen LogP contribution < -0.4 is 14.2 Å². The minimum Gasteiger partial charge on any atom is -0.493 e. The minimum absolute atomic E-state index is 0.117. The molecule has 0 saturated carbocycles. The van der Waals surface area contributed by atoms with E-state index >= 15 is 0 Å². The molecule has 0 saturated heterocycles. The maximum absolute atomic E-state index is 11.2. The van der Waals surface area contributed by atoms with Gasteiger partial charge < -0.3 is 14.2 Å². The van der Waals surface area contributed by atoms with Crippen LogP contribution in [0.15, 0.2) is 12.1 Å². The molecule has 0 aliphatic heterocycles. The van der Waals surface area contributed by atoms with E-state index in [-0.39, 0.29) is 29.4 Å². The number of esters is 1. The van der Waals surface area contributed by atoms with E-state index in [0.29, 0.717) is 0 Å². The summed E-state index contributed by atoms with van der Waals surface area (Å²) in [5, 5.41) is 10.9. The van der Waals surface area contributed by atoms with Crippen LogP contribution in [0.25, 0.3) is 0 Å². The quantitative estimate of drug-likeness (QED) is 0.345. The second-order valence-electron chi connectivity index (χ2n) is 3.26. The van der Waals surface area contributed by atoms with E-state index in [1.54, 1.807) is 6.92 Å². The van der Waals surface area contributed by atoms with Crippen LogP contribution in [0.4, 0.5) is 5.69 Å². The first-order chi connectivity index (χ1) is 8.53. The second kappa shape index (κ2) is 5.85. The average Bonchev–Trinajstić information content (AvgIpc) is 2.37. The van der Waals surface area contributed by atoms with Gasteiger partial charge in [-0.25, -0.2) is 0 Å². The lowest BCUT2D eigenvalue weighted by Crippen LogP contribution is -2.08. The van der Waals surface area contributed by atoms with Gasteiger partial charge in [-0.05, 0) is 0 Å². The predicted octanol–water partition coefficient (Wildman–Crippen LogP) is 1.93. The van der Waals surface area contributed by atoms with Gasteiger partial charge in [0.15, 0.2) is 11.5 Å². The van der Waals surface area contributed by atoms with E-state index in [4.69, 9.17) is 14.2 Å². The molecule has 0 spiro atoms. The number of carbonyl (C=O) groups is 1. The Morgan fingerprint density at radius 2 is 1.78 bits per heavy atom. The third-order valence-electron chi connectivity index (χ3n) is 2.17. The molecular weight excluding hydrogens is 242 g/mol. The number of carbonyl (C=O) groups excluding carboxylic acids is 1. The Morgan fingerprint density at radius 1 is 1.22 bits per heavy atom. The molecule has 7 heteroatoms. The molecule has 0 heterocycles. The largest absolute Gasteiger partial charge is 0.493 e. The summed E-state index contributed by atoms with van der Waals surface area (Å²) in [6.07, 6.45) is 0.117. The number of hydrogen-bond donors (Lipinski definition) is 0. The SMILES string of the molecule is CCC(=O)Oc1cc(OC)c(OC)cc1[N+](=O)[O-]. The molecule has 1 aromatic carbocycles. The number of nitrogens with zero attached hydrogens (tertiary/aromatic N) is 1. The van der Waals surface area contributed by atoms with Crippen molar-refractivity contribution >= 4 is 11.7 Å². The lowest BCUT2D eigenvalue weighted by atomic mass is 10.2. The normalized spacial score (nSPS) is 9.72. The lowest BCUT2D eigenvalue weighted by Gasteiger charge is -2.10. The smallest absolute Gasteiger partial charge is 0.315 e. The van der Waals surface area contributed by atoms with E-state index in [2.05, 4.69) is 0 Å². The van der Waals surface area contributed by atoms with Crippen molar-refractivity contribution < 1.29 is 23.9 Å². The molecule has 0 aliphatic carbocycles. The predicted molar refractivity (Wildman–Crippen MR) is 62.1 cm³/mol. The van der Waals surface area contributed by atoms with E-state index < -0.39 is 10.9 Å². The first kappa shape index (κ1) is 13.8. The zero-order valence-electron chi connectivity index (χ0n) is 10.3. The molecular formula is C11H13NO6. The topological polar surface area (TPSA) is 87.9 Å². The van der Waals surface area contributed by atoms with Gasteiger partial charge in [-0.3, -0.25) is 14.9 Å². The van der Waals surface area contributed by atoms with Crippen LogP contribution in [-0.4, -0.2) is 25.1 Å². The van der Waals surface area contributed by atoms with Gasteiger partial charge in [0.2, 0.25) is 5.75 Å². The van der Waals surface area contributed by atoms with Gasteiger partial charge in [0.1, 0.15) is 0 Å². The highest BCUT2D eigenvalue weighted by atomic mass is 16.6. The Hall–Kier alpha value is -2.31. The number of hydrogen-bond acceptors (Lipinski definition) is 6. The molecule has 0 aromatic heterocycles. The van der Waals surface area contributed by atoms with Crippen LogP contribution in [0.1, 0.15) is 13.3 Å². The number of nitro benzene ring substituents is 1. The molecule has 0 N–H and O–H groups in total. The zero-order valence-corrected chi connectivity index (χ0v) is 10.3. The van der Waals surface area contributed by atoms with Gasteiger partial charge in [0.25, 0.3) is 0 Å². The Morgan fingerprint density at radius 3 is 2.22 bits per heavy atom. The highest BCUT2D eigenvalue weighted by Crippen LogP contribution is 2.39. The van der Waals surface area contributed by atoms with Gasteiger partial charge in [-0.2, -0.15) is 0 Å². The van der Waals surface area contributed by atoms with Crippen molar-refractivity contribution in [2.24, 2.45) is 0 Å². The maximum atomic E-state index is 11.2. The molecule has 0 fully saturated rings. The Bertz CT molecular complexity index is 471. The van der Waals surface area contributed by atoms with Crippen LogP contribution >= 0.6 is 0 Å². The van der Waals surface area contributed by atoms with Crippen molar-refractivity contribution in [3.8, 4) is 17.2 Å². The molecule has 7 nitrogen and oxygen atoms in total. The first-order valence-corrected chi connectivity index (χ1v) is 5.14. The van der Waals surface area contributed by atoms with Crippen LogP contribution in [0.3, 0.4) is 0 Å². The van der Waals surface area contributed by atoms with E-state index in [1.807, 2.05) is 0 Å². The van der Waals surface area contributed by atoms with E-state index in [1.165, 1.54) is 20.3 Å². The van der Waals surface area contributed by atoms with Crippen molar-refractivity contribution in [3.05, 3.63) is 22.2 Å². The molecule has 1 aromatic rings. The molecule has 0 bridgehead atoms. The standard InChI is InChI=1S/C11H13NO6/c1-4-11(13)18-8-6-10(17-3)9(16-2)5-7(8)12(14)15/h5-6H,4H2,1-3H3. The van der Waals surface area contributed by atoms with Crippen LogP contribution in [-0.2, 0) is 4.79 Å². The van der Waals surface area contributed by atoms with Crippen molar-refractivity contribution in [2.75, 3.05) is 14.2 Å². The molecule has 0 aliphatic rings. The number of nitro groups is 1. The molecule has 18 heavy (non-hydrogen) atoms. The lowest BCUT2D eigenvalue weighted by molar-refractivity contribution is -0.385. The molecule has 0 radical (unpaired) electrons. The van der Waals surface area contributed by atoms with Gasteiger partial charge in [-0.15, -0.1) is 0 Å². The van der Waals surface area contributed by atoms with Gasteiger partial charge in [0, 0.05) is 12.5 Å². The summed E-state index contributed by atoms with van der Waals surface area (Å²) in [6, 6.07) is 2.40. The van der Waals surface area contributed by atoms with Gasteiger partial charge in [0.05, 0.1) is 25.2 Å². The highest BCUT2D eigenvalue weighted by molar-refractivity contribution is 5.74. The van der Waals surface area contributed by atoms with Crippen LogP contribution in [0.2, 0.25) is 0 Å². The number of methoxy groups -OCH3 is 2. The van der Waals surface area contributed by atoms with Gasteiger partial charge >= 0.3 is 11.7 Å². The molecule has 0 atom stereocenters. The van der Waals surface area contributed by atoms with E-state index in [9.17, 15) is 14.9 Å². The van der Waals surface area contributed by atoms with Crippen molar-refractivity contribution in [1.82, 2.24) is 0 Å². The monoisotopic (exact) mass is 255 g/mol. The fourth-order valence-electron chi connectivity index (χ4n) is 1.27. The number of rotatable bonds is 5. The summed E-state index contributed by atoms with van der Waals surface area (Å²) in [6.45, 7) is 1.59. The fraction of sp³-hybridized carbons (Fsp3) is 0.364. The third-order valence-corrected chi connectivity index (χ3v) is 2.17. The Kier molecular flexibility index (Phi) is 4.47. The van der Waals surface area contributed by atoms with E-state index in [0.717, 1.165) is 6.07 Å². The molecule has 98 valence electrons. The summed E-state index contributed by atoms with van der Waals surface area (Å²) in [7, 11) is 2.74. The molecule has 0 amide bonds. The summed E-state index contributed by atoms with van der Waals surface area (Å²) in [5.41, 5.74) is -0.352. The summed E-state index contributed by atoms with van der Waals surface area (Å²) >= 11 is 0. The number of ether oxygens (including phenoxy) is 3. The summed E-state index contributed by atoms with van der Waals surface area (Å²) in [5.74, 6) is -0.280. The second-order valence-corrected chi connectivity index (χ2v) is 3.26. The zero-order chi connectivity index (χ0) is 13.7. The maximum Gasteiger partial charge on any atom is 0.315 e. The highest BCUT2D eigenvalue weighted by Gasteiger charge is 2.22. The Labute approximate surface area is 103 Å². The average molecular weight is 255 g/mol. The fourth-order valence-corrected chi connectivity index (χ4v) is 1.27. The minimum atomic E-state index is -0.653. The van der Waals surface area contributed by atoms with Crippen molar-refractivity contribution in [1.29, 1.82) is 0 Å². The third kappa shape index (κ3) is 2.88. The van der Waals surface area contributed by atoms with Crippen LogP contribution in [0, 0.1) is 10.1 Å². The first-order valence-electron chi connectivity index (χ1n) is 5.14. The molecule has 1 rings (SSSR count). The van der Waals surface area contributed by atoms with Crippen LogP contribution in [0.5, 0.6) is 17.2 Å². The summed E-state index contributed by atoms with van der Waals surface area (Å²) in [4.78, 5) is 21.4. The molecule has 0 unspecified atom stereocenters. The summed E-state index contributed by atoms with van der Waals surface area (Å²) < 4.78 is 14.8. The van der Waals surface area contributed by atoms with Crippen molar-refractivity contribution in [3.63, 3.8) is 0 Å². The Balaban J connectivity index is 3.28. The van der Waals surface area contributed by atoms with Gasteiger partial charge in [-0.1, -0.05) is 6.92 Å². The number of benzene rings is 1.